The number of esters is 2. The van der Waals surface area contributed by atoms with Crippen molar-refractivity contribution in [2.75, 3.05) is 6.54 Å². The van der Waals surface area contributed by atoms with Crippen LogP contribution in [0, 0.1) is 5.92 Å². The van der Waals surface area contributed by atoms with E-state index in [9.17, 15) is 24.0 Å². The molecule has 11 heteroatoms. The number of imide groups is 1. The molecule has 3 amide bonds. The van der Waals surface area contributed by atoms with Gasteiger partial charge in [0, 0.05) is 6.42 Å². The summed E-state index contributed by atoms with van der Waals surface area (Å²) in [4.78, 5) is 66.1. The third-order valence-electron chi connectivity index (χ3n) is 6.65. The van der Waals surface area contributed by atoms with E-state index in [-0.39, 0.29) is 31.6 Å². The lowest BCUT2D eigenvalue weighted by Crippen LogP contribution is -2.59. The van der Waals surface area contributed by atoms with Crippen LogP contribution in [0.3, 0.4) is 0 Å². The Labute approximate surface area is 225 Å². The molecule has 3 N–H and O–H groups in total. The average molecular weight is 540 g/mol. The van der Waals surface area contributed by atoms with Gasteiger partial charge in [-0.25, -0.2) is 14.5 Å². The van der Waals surface area contributed by atoms with Gasteiger partial charge in [-0.05, 0) is 84.5 Å². The van der Waals surface area contributed by atoms with Crippen LogP contribution in [0.4, 0.5) is 4.79 Å². The lowest BCUT2D eigenvalue weighted by molar-refractivity contribution is -0.161. The van der Waals surface area contributed by atoms with Crippen LogP contribution in [-0.4, -0.2) is 71.2 Å². The van der Waals surface area contributed by atoms with Crippen LogP contribution in [0.5, 0.6) is 0 Å². The van der Waals surface area contributed by atoms with Gasteiger partial charge in [-0.3, -0.25) is 14.4 Å². The molecule has 2 atom stereocenters. The van der Waals surface area contributed by atoms with Crippen molar-refractivity contribution in [2.45, 2.75) is 129 Å². The van der Waals surface area contributed by atoms with Gasteiger partial charge < -0.3 is 25.3 Å². The average Bonchev–Trinajstić information content (AvgIpc) is 3.52. The van der Waals surface area contributed by atoms with E-state index in [0.29, 0.717) is 17.7 Å². The van der Waals surface area contributed by atoms with E-state index in [4.69, 9.17) is 19.9 Å². The molecule has 0 heterocycles. The first kappa shape index (κ1) is 31.5. The van der Waals surface area contributed by atoms with Gasteiger partial charge in [-0.1, -0.05) is 13.8 Å². The Morgan fingerprint density at radius 2 is 1.45 bits per heavy atom. The van der Waals surface area contributed by atoms with Crippen molar-refractivity contribution in [3.63, 3.8) is 0 Å². The second kappa shape index (κ2) is 14.5. The minimum Gasteiger partial charge on any atom is -0.462 e. The molecule has 2 aliphatic carbocycles. The molecule has 0 aromatic carbocycles. The minimum atomic E-state index is -1.44. The van der Waals surface area contributed by atoms with Crippen LogP contribution in [-0.2, 0) is 33.4 Å². The molecule has 11 nitrogen and oxygen atoms in total. The largest absolute Gasteiger partial charge is 0.462 e. The van der Waals surface area contributed by atoms with Crippen molar-refractivity contribution in [3.05, 3.63) is 0 Å². The summed E-state index contributed by atoms with van der Waals surface area (Å²) < 4.78 is 16.7. The highest BCUT2D eigenvalue weighted by atomic mass is 16.6. The maximum Gasteiger partial charge on any atom is 0.417 e. The van der Waals surface area contributed by atoms with Crippen LogP contribution < -0.4 is 11.1 Å². The number of hydrogen-bond donors (Lipinski definition) is 2. The zero-order chi connectivity index (χ0) is 28.5. The van der Waals surface area contributed by atoms with Crippen molar-refractivity contribution in [1.29, 1.82) is 0 Å². The van der Waals surface area contributed by atoms with E-state index in [2.05, 4.69) is 5.32 Å². The Morgan fingerprint density at radius 1 is 0.921 bits per heavy atom. The fourth-order valence-electron chi connectivity index (χ4n) is 4.68. The molecule has 2 saturated carbocycles. The van der Waals surface area contributed by atoms with Crippen LogP contribution in [0.1, 0.15) is 98.8 Å². The van der Waals surface area contributed by atoms with E-state index in [0.717, 1.165) is 38.5 Å². The van der Waals surface area contributed by atoms with Gasteiger partial charge in [0.1, 0.15) is 29.9 Å². The smallest absolute Gasteiger partial charge is 0.417 e. The predicted octanol–water partition coefficient (Wildman–Crippen LogP) is 2.97. The summed E-state index contributed by atoms with van der Waals surface area (Å²) in [6.45, 7) is 7.93. The molecule has 2 fully saturated rings. The lowest BCUT2D eigenvalue weighted by Gasteiger charge is -2.34. The Morgan fingerprint density at radius 3 is 1.92 bits per heavy atom. The number of hydrogen-bond acceptors (Lipinski definition) is 9. The van der Waals surface area contributed by atoms with E-state index in [1.165, 1.54) is 0 Å². The zero-order valence-corrected chi connectivity index (χ0v) is 23.5. The normalized spacial score (nSPS) is 18.1. The van der Waals surface area contributed by atoms with Crippen molar-refractivity contribution < 1.29 is 38.2 Å². The van der Waals surface area contributed by atoms with Crippen molar-refractivity contribution in [2.24, 2.45) is 11.7 Å². The Hall–Kier alpha value is -2.69. The third kappa shape index (κ3) is 9.89. The van der Waals surface area contributed by atoms with Crippen LogP contribution in [0.25, 0.3) is 0 Å². The number of nitrogens with one attached hydrogen (secondary N) is 1. The molecular weight excluding hydrogens is 494 g/mol. The lowest BCUT2D eigenvalue weighted by atomic mass is 10.0. The van der Waals surface area contributed by atoms with E-state index < -0.39 is 53.4 Å². The number of carbonyl (C=O) groups is 5. The number of ether oxygens (including phenoxy) is 3. The molecule has 0 bridgehead atoms. The van der Waals surface area contributed by atoms with Crippen LogP contribution in [0.15, 0.2) is 0 Å². The first-order valence-corrected chi connectivity index (χ1v) is 13.8. The van der Waals surface area contributed by atoms with E-state index in [1.807, 2.05) is 0 Å². The molecule has 0 saturated heterocycles. The maximum atomic E-state index is 13.8. The molecule has 0 radical (unpaired) electrons. The summed E-state index contributed by atoms with van der Waals surface area (Å²) in [5, 5.41) is 2.54. The van der Waals surface area contributed by atoms with Gasteiger partial charge in [-0.15, -0.1) is 0 Å². The van der Waals surface area contributed by atoms with Gasteiger partial charge in [0.15, 0.2) is 0 Å². The Kier molecular flexibility index (Phi) is 12.0. The highest BCUT2D eigenvalue weighted by molar-refractivity contribution is 6.01. The number of carbonyl (C=O) groups excluding carboxylic acids is 5. The highest BCUT2D eigenvalue weighted by Gasteiger charge is 2.43. The number of nitrogens with zero attached hydrogens (tertiary/aromatic N) is 1. The fourth-order valence-corrected chi connectivity index (χ4v) is 4.68. The van der Waals surface area contributed by atoms with Gasteiger partial charge in [-0.2, -0.15) is 0 Å². The molecule has 216 valence electrons. The Bertz CT molecular complexity index is 842. The molecule has 0 aliphatic heterocycles. The summed E-state index contributed by atoms with van der Waals surface area (Å²) in [5.41, 5.74) is 4.45. The quantitative estimate of drug-likeness (QED) is 0.298. The number of rotatable bonds is 11. The Balaban J connectivity index is 2.37. The first-order chi connectivity index (χ1) is 17.8. The van der Waals surface area contributed by atoms with Gasteiger partial charge in [0.05, 0.1) is 6.54 Å². The third-order valence-corrected chi connectivity index (χ3v) is 6.65. The van der Waals surface area contributed by atoms with Crippen molar-refractivity contribution >= 4 is 29.8 Å². The first-order valence-electron chi connectivity index (χ1n) is 13.8. The molecule has 0 unspecified atom stereocenters. The standard InChI is InChI=1S/C27H45N3O8/c1-17(2)23(29-21(31)16-28)24(33)30(26(35)38-27(3,4)5)20(25(34)37-19-12-8-9-13-19)14-15-22(32)36-18-10-6-7-11-18/h17-20,23H,6-16,28H2,1-5H3,(H,29,31)/t20-,23-/m1/s1. The molecule has 2 rings (SSSR count). The topological polar surface area (TPSA) is 154 Å². The summed E-state index contributed by atoms with van der Waals surface area (Å²) in [7, 11) is 0. The summed E-state index contributed by atoms with van der Waals surface area (Å²) in [6.07, 6.45) is 4.79. The van der Waals surface area contributed by atoms with E-state index in [1.54, 1.807) is 34.6 Å². The zero-order valence-electron chi connectivity index (χ0n) is 23.5. The second-order valence-corrected chi connectivity index (χ2v) is 11.5. The maximum absolute atomic E-state index is 13.8. The molecule has 2 aliphatic rings. The van der Waals surface area contributed by atoms with Crippen LogP contribution >= 0.6 is 0 Å². The molecule has 0 spiro atoms. The molecule has 0 aromatic heterocycles. The predicted molar refractivity (Wildman–Crippen MR) is 139 cm³/mol. The number of amides is 3. The molecular formula is C27H45N3O8. The highest BCUT2D eigenvalue weighted by Crippen LogP contribution is 2.26. The van der Waals surface area contributed by atoms with E-state index >= 15 is 0 Å². The minimum absolute atomic E-state index is 0.160. The second-order valence-electron chi connectivity index (χ2n) is 11.5. The summed E-state index contributed by atoms with van der Waals surface area (Å²) >= 11 is 0. The van der Waals surface area contributed by atoms with Gasteiger partial charge in [0.2, 0.25) is 5.91 Å². The monoisotopic (exact) mass is 539 g/mol. The van der Waals surface area contributed by atoms with Gasteiger partial charge in [0.25, 0.3) is 5.91 Å². The number of nitrogens with two attached hydrogens (primary N) is 1. The summed E-state index contributed by atoms with van der Waals surface area (Å²) in [5.74, 6) is -3.18. The molecule has 38 heavy (non-hydrogen) atoms. The van der Waals surface area contributed by atoms with Crippen molar-refractivity contribution in [1.82, 2.24) is 10.2 Å². The van der Waals surface area contributed by atoms with Gasteiger partial charge >= 0.3 is 18.0 Å². The fraction of sp³-hybridized carbons (Fsp3) is 0.815. The summed E-state index contributed by atoms with van der Waals surface area (Å²) in [6, 6.07) is -2.60. The van der Waals surface area contributed by atoms with Crippen LogP contribution in [0.2, 0.25) is 0 Å². The molecule has 0 aromatic rings. The SMILES string of the molecule is CC(C)[C@@H](NC(=O)CN)C(=O)N(C(=O)OC(C)(C)C)[C@H](CCC(=O)OC1CCCC1)C(=O)OC1CCCC1. The van der Waals surface area contributed by atoms with Crippen molar-refractivity contribution in [3.8, 4) is 0 Å².